The Balaban J connectivity index is 1.73. The van der Waals surface area contributed by atoms with E-state index in [9.17, 15) is 4.79 Å². The molecule has 0 aliphatic heterocycles. The van der Waals surface area contributed by atoms with Crippen molar-refractivity contribution in [3.05, 3.63) is 63.3 Å². The maximum Gasteiger partial charge on any atom is 0.248 e. The zero-order valence-electron chi connectivity index (χ0n) is 11.6. The van der Waals surface area contributed by atoms with Gasteiger partial charge in [0.15, 0.2) is 0 Å². The molecule has 2 heterocycles. The average Bonchev–Trinajstić information content (AvgIpc) is 2.46. The molecule has 2 aromatic rings. The molecule has 0 bridgehead atoms. The number of aromatic nitrogens is 2. The van der Waals surface area contributed by atoms with Crippen LogP contribution in [-0.2, 0) is 13.0 Å². The molecule has 0 spiro atoms. The number of aromatic amines is 1. The highest BCUT2D eigenvalue weighted by Gasteiger charge is 2.20. The van der Waals surface area contributed by atoms with Gasteiger partial charge in [-0.15, -0.1) is 0 Å². The lowest BCUT2D eigenvalue weighted by atomic mass is 9.91. The molecule has 0 fully saturated rings. The predicted octanol–water partition coefficient (Wildman–Crippen LogP) is 2.25. The minimum absolute atomic E-state index is 0.00728. The molecule has 1 aliphatic rings. The topological polar surface area (TPSA) is 57.8 Å². The highest BCUT2D eigenvalue weighted by Crippen LogP contribution is 2.27. The van der Waals surface area contributed by atoms with Gasteiger partial charge in [0.2, 0.25) is 5.56 Å². The van der Waals surface area contributed by atoms with Crippen molar-refractivity contribution in [1.29, 1.82) is 0 Å². The summed E-state index contributed by atoms with van der Waals surface area (Å²) in [6, 6.07) is 8.02. The largest absolute Gasteiger partial charge is 0.326 e. The second-order valence-corrected chi connectivity index (χ2v) is 5.39. The first-order valence-electron chi connectivity index (χ1n) is 7.09. The van der Waals surface area contributed by atoms with E-state index in [4.69, 9.17) is 0 Å². The van der Waals surface area contributed by atoms with Crippen molar-refractivity contribution in [1.82, 2.24) is 15.3 Å². The summed E-state index contributed by atoms with van der Waals surface area (Å²) in [5.41, 5.74) is 4.54. The monoisotopic (exact) mass is 269 g/mol. The smallest absolute Gasteiger partial charge is 0.248 e. The van der Waals surface area contributed by atoms with Crippen LogP contribution >= 0.6 is 0 Å². The van der Waals surface area contributed by atoms with Crippen LogP contribution in [0.4, 0.5) is 0 Å². The standard InChI is InChI=1S/C16H19N3O/c1-11-5-6-12(9-17-11)10-18-14-3-2-4-15-13(14)7-8-16(20)19-15/h5-9,14,18H,2-4,10H2,1H3,(H,19,20). The molecular weight excluding hydrogens is 250 g/mol. The lowest BCUT2D eigenvalue weighted by Gasteiger charge is -2.26. The van der Waals surface area contributed by atoms with Crippen molar-refractivity contribution in [3.8, 4) is 0 Å². The fourth-order valence-electron chi connectivity index (χ4n) is 2.76. The van der Waals surface area contributed by atoms with Crippen LogP contribution in [0, 0.1) is 6.92 Å². The van der Waals surface area contributed by atoms with Crippen LogP contribution < -0.4 is 10.9 Å². The van der Waals surface area contributed by atoms with Gasteiger partial charge in [-0.05, 0) is 43.4 Å². The van der Waals surface area contributed by atoms with Gasteiger partial charge in [0, 0.05) is 36.2 Å². The molecule has 0 saturated heterocycles. The molecule has 4 nitrogen and oxygen atoms in total. The van der Waals surface area contributed by atoms with E-state index < -0.39 is 0 Å². The Bertz CT molecular complexity index is 646. The summed E-state index contributed by atoms with van der Waals surface area (Å²) in [6.45, 7) is 2.79. The summed E-state index contributed by atoms with van der Waals surface area (Å²) in [5, 5.41) is 3.57. The molecule has 0 amide bonds. The molecule has 2 aromatic heterocycles. The third-order valence-electron chi connectivity index (χ3n) is 3.86. The van der Waals surface area contributed by atoms with Crippen molar-refractivity contribution < 1.29 is 0 Å². The van der Waals surface area contributed by atoms with Gasteiger partial charge in [0.05, 0.1) is 0 Å². The number of aryl methyl sites for hydroxylation is 2. The van der Waals surface area contributed by atoms with E-state index in [0.29, 0.717) is 6.04 Å². The molecule has 0 radical (unpaired) electrons. The van der Waals surface area contributed by atoms with Crippen molar-refractivity contribution in [3.63, 3.8) is 0 Å². The number of fused-ring (bicyclic) bond motifs is 1. The molecule has 20 heavy (non-hydrogen) atoms. The lowest BCUT2D eigenvalue weighted by molar-refractivity contribution is 0.453. The van der Waals surface area contributed by atoms with Gasteiger partial charge in [0.25, 0.3) is 0 Å². The number of hydrogen-bond donors (Lipinski definition) is 2. The molecule has 4 heteroatoms. The van der Waals surface area contributed by atoms with E-state index in [1.165, 1.54) is 11.1 Å². The second kappa shape index (κ2) is 5.59. The minimum atomic E-state index is -0.00728. The third kappa shape index (κ3) is 2.80. The van der Waals surface area contributed by atoms with E-state index >= 15 is 0 Å². The summed E-state index contributed by atoms with van der Waals surface area (Å²) in [7, 11) is 0. The number of nitrogens with zero attached hydrogens (tertiary/aromatic N) is 1. The Morgan fingerprint density at radius 3 is 3.05 bits per heavy atom. The lowest BCUT2D eigenvalue weighted by Crippen LogP contribution is -2.27. The minimum Gasteiger partial charge on any atom is -0.326 e. The zero-order valence-corrected chi connectivity index (χ0v) is 11.6. The van der Waals surface area contributed by atoms with Crippen LogP contribution in [-0.4, -0.2) is 9.97 Å². The van der Waals surface area contributed by atoms with Crippen LogP contribution in [0.25, 0.3) is 0 Å². The van der Waals surface area contributed by atoms with Gasteiger partial charge in [-0.25, -0.2) is 0 Å². The van der Waals surface area contributed by atoms with Gasteiger partial charge in [0.1, 0.15) is 0 Å². The quantitative estimate of drug-likeness (QED) is 0.898. The van der Waals surface area contributed by atoms with Gasteiger partial charge < -0.3 is 10.3 Å². The van der Waals surface area contributed by atoms with E-state index in [1.807, 2.05) is 25.3 Å². The Morgan fingerprint density at radius 1 is 1.35 bits per heavy atom. The number of rotatable bonds is 3. The summed E-state index contributed by atoms with van der Waals surface area (Å²) >= 11 is 0. The van der Waals surface area contributed by atoms with Gasteiger partial charge >= 0.3 is 0 Å². The maximum atomic E-state index is 11.4. The van der Waals surface area contributed by atoms with Crippen LogP contribution in [0.1, 0.15) is 41.4 Å². The molecule has 3 rings (SSSR count). The predicted molar refractivity (Wildman–Crippen MR) is 78.6 cm³/mol. The van der Waals surface area contributed by atoms with E-state index in [0.717, 1.165) is 37.2 Å². The summed E-state index contributed by atoms with van der Waals surface area (Å²) in [4.78, 5) is 18.6. The zero-order chi connectivity index (χ0) is 13.9. The first kappa shape index (κ1) is 13.1. The first-order chi connectivity index (χ1) is 9.72. The molecule has 1 unspecified atom stereocenters. The first-order valence-corrected chi connectivity index (χ1v) is 7.09. The molecular formula is C16H19N3O. The maximum absolute atomic E-state index is 11.4. The van der Waals surface area contributed by atoms with Crippen LogP contribution in [0.2, 0.25) is 0 Å². The highest BCUT2D eigenvalue weighted by atomic mass is 16.1. The Kier molecular flexibility index (Phi) is 3.65. The van der Waals surface area contributed by atoms with Crippen molar-refractivity contribution >= 4 is 0 Å². The van der Waals surface area contributed by atoms with Crippen LogP contribution in [0.15, 0.2) is 35.3 Å². The Morgan fingerprint density at radius 2 is 2.25 bits per heavy atom. The molecule has 0 aromatic carbocycles. The van der Waals surface area contributed by atoms with E-state index in [2.05, 4.69) is 21.4 Å². The third-order valence-corrected chi connectivity index (χ3v) is 3.86. The SMILES string of the molecule is Cc1ccc(CNC2CCCc3[nH]c(=O)ccc32)cn1. The van der Waals surface area contributed by atoms with Crippen molar-refractivity contribution in [2.45, 2.75) is 38.8 Å². The van der Waals surface area contributed by atoms with Crippen molar-refractivity contribution in [2.75, 3.05) is 0 Å². The fraction of sp³-hybridized carbons (Fsp3) is 0.375. The molecule has 104 valence electrons. The van der Waals surface area contributed by atoms with Crippen molar-refractivity contribution in [2.24, 2.45) is 0 Å². The fourth-order valence-corrected chi connectivity index (χ4v) is 2.76. The summed E-state index contributed by atoms with van der Waals surface area (Å²) in [5.74, 6) is 0. The van der Waals surface area contributed by atoms with Crippen LogP contribution in [0.3, 0.4) is 0 Å². The molecule has 0 saturated carbocycles. The average molecular weight is 269 g/mol. The molecule has 2 N–H and O–H groups in total. The second-order valence-electron chi connectivity index (χ2n) is 5.39. The normalized spacial score (nSPS) is 17.8. The molecule has 1 aliphatic carbocycles. The van der Waals surface area contributed by atoms with Gasteiger partial charge in [-0.2, -0.15) is 0 Å². The summed E-state index contributed by atoms with van der Waals surface area (Å²) < 4.78 is 0. The number of nitrogens with one attached hydrogen (secondary N) is 2. The highest BCUT2D eigenvalue weighted by molar-refractivity contribution is 5.26. The Hall–Kier alpha value is -1.94. The summed E-state index contributed by atoms with van der Waals surface area (Å²) in [6.07, 6.45) is 5.10. The number of H-pyrrole nitrogens is 1. The van der Waals surface area contributed by atoms with E-state index in [-0.39, 0.29) is 5.56 Å². The number of pyridine rings is 2. The molecule has 1 atom stereocenters. The number of hydrogen-bond acceptors (Lipinski definition) is 3. The Labute approximate surface area is 118 Å². The van der Waals surface area contributed by atoms with Gasteiger partial charge in [-0.3, -0.25) is 9.78 Å². The van der Waals surface area contributed by atoms with E-state index in [1.54, 1.807) is 6.07 Å². The van der Waals surface area contributed by atoms with Gasteiger partial charge in [-0.1, -0.05) is 12.1 Å². The van der Waals surface area contributed by atoms with Crippen LogP contribution in [0.5, 0.6) is 0 Å².